The molecule has 160 valence electrons. The second kappa shape index (κ2) is 7.32. The fraction of sp³-hybridized carbons (Fsp3) is 0.571. The summed E-state index contributed by atoms with van der Waals surface area (Å²) >= 11 is 0. The first kappa shape index (κ1) is 21.3. The summed E-state index contributed by atoms with van der Waals surface area (Å²) in [5, 5.41) is 27.9. The van der Waals surface area contributed by atoms with Gasteiger partial charge in [-0.15, -0.1) is 0 Å². The highest BCUT2D eigenvalue weighted by Gasteiger charge is 2.34. The van der Waals surface area contributed by atoms with E-state index in [9.17, 15) is 10.2 Å². The third-order valence-corrected chi connectivity index (χ3v) is 7.07. The number of rotatable bonds is 1. The molecular weight excluding hydrogens is 368 g/mol. The van der Waals surface area contributed by atoms with Crippen LogP contribution in [-0.4, -0.2) is 0 Å². The highest BCUT2D eigenvalue weighted by atomic mass is 16.3. The van der Waals surface area contributed by atoms with E-state index >= 15 is 0 Å². The molecule has 0 aromatic heterocycles. The van der Waals surface area contributed by atoms with Gasteiger partial charge in [0, 0.05) is 22.3 Å². The highest BCUT2D eigenvalue weighted by Crippen LogP contribution is 2.52. The molecule has 0 spiro atoms. The van der Waals surface area contributed by atoms with Gasteiger partial charge in [-0.25, -0.2) is 0 Å². The van der Waals surface area contributed by atoms with Gasteiger partial charge in [0.15, 0.2) is 11.5 Å². The molecule has 0 bridgehead atoms. The van der Waals surface area contributed by atoms with Gasteiger partial charge in [0.25, 0.3) is 0 Å². The van der Waals surface area contributed by atoms with Gasteiger partial charge >= 0.3 is 0 Å². The van der Waals surface area contributed by atoms with Crippen LogP contribution in [0.25, 0.3) is 11.1 Å². The van der Waals surface area contributed by atoms with Crippen molar-refractivity contribution < 1.29 is 10.2 Å². The van der Waals surface area contributed by atoms with Crippen molar-refractivity contribution in [2.75, 3.05) is 0 Å². The lowest BCUT2D eigenvalue weighted by molar-refractivity contribution is 0.334. The molecule has 2 heteroatoms. The molecule has 2 aliphatic rings. The largest absolute Gasteiger partial charge is 0.289 e. The van der Waals surface area contributed by atoms with Crippen molar-refractivity contribution in [2.24, 2.45) is 0 Å². The van der Waals surface area contributed by atoms with E-state index in [1.807, 2.05) is 0 Å². The molecule has 2 aromatic carbocycles. The highest BCUT2D eigenvalue weighted by molar-refractivity contribution is 5.86. The van der Waals surface area contributed by atoms with Gasteiger partial charge in [-0.05, 0) is 84.5 Å². The molecule has 0 aliphatic heterocycles. The number of hydrogen-bond acceptors (Lipinski definition) is 0. The maximum absolute atomic E-state index is 13.9. The van der Waals surface area contributed by atoms with Crippen molar-refractivity contribution in [1.82, 2.24) is 0 Å². The first-order valence-electron chi connectivity index (χ1n) is 11.7. The molecule has 0 amide bonds. The predicted octanol–water partition coefficient (Wildman–Crippen LogP) is 7.99. The Bertz CT molecular complexity index is 902. The Morgan fingerprint density at radius 3 is 1.23 bits per heavy atom. The van der Waals surface area contributed by atoms with Crippen LogP contribution < -0.4 is 0 Å². The Hall–Kier alpha value is -1.96. The van der Waals surface area contributed by atoms with E-state index in [0.29, 0.717) is 0 Å². The van der Waals surface area contributed by atoms with Crippen LogP contribution in [0.3, 0.4) is 0 Å². The molecule has 0 heterocycles. The summed E-state index contributed by atoms with van der Waals surface area (Å²) < 4.78 is 0. The van der Waals surface area contributed by atoms with Gasteiger partial charge in [-0.2, -0.15) is 0 Å². The molecule has 0 saturated carbocycles. The second-order valence-electron chi connectivity index (χ2n) is 11.4. The van der Waals surface area contributed by atoms with Crippen molar-refractivity contribution in [3.8, 4) is 22.6 Å². The van der Waals surface area contributed by atoms with E-state index in [1.165, 1.54) is 24.0 Å². The van der Waals surface area contributed by atoms with Crippen molar-refractivity contribution in [3.63, 3.8) is 0 Å². The first-order valence-corrected chi connectivity index (χ1v) is 11.7. The molecule has 0 saturated heterocycles. The zero-order valence-corrected chi connectivity index (χ0v) is 19.6. The Balaban J connectivity index is 2.13. The lowest BCUT2D eigenvalue weighted by Crippen LogP contribution is -2.17. The van der Waals surface area contributed by atoms with E-state index < -0.39 is 0 Å². The summed E-state index contributed by atoms with van der Waals surface area (Å²) in [5.41, 5.74) is 7.69. The van der Waals surface area contributed by atoms with Gasteiger partial charge in [0.05, 0.1) is 0 Å². The Morgan fingerprint density at radius 2 is 0.900 bits per heavy atom. The third kappa shape index (κ3) is 3.53. The van der Waals surface area contributed by atoms with Crippen LogP contribution in [-0.2, 0) is 46.7 Å². The van der Waals surface area contributed by atoms with Crippen molar-refractivity contribution >= 4 is 0 Å². The monoisotopic (exact) mass is 404 g/mol. The minimum Gasteiger partial charge on any atom is -0.289 e. The fourth-order valence-electron chi connectivity index (χ4n) is 5.41. The van der Waals surface area contributed by atoms with E-state index in [-0.39, 0.29) is 22.3 Å². The van der Waals surface area contributed by atoms with E-state index in [4.69, 9.17) is 0 Å². The van der Waals surface area contributed by atoms with Gasteiger partial charge in [-0.1, -0.05) is 53.7 Å². The average molecular weight is 405 g/mol. The van der Waals surface area contributed by atoms with Crippen LogP contribution >= 0.6 is 0 Å². The molecule has 2 nitrogen and oxygen atoms in total. The van der Waals surface area contributed by atoms with Crippen molar-refractivity contribution in [3.05, 3.63) is 45.5 Å². The first-order chi connectivity index (χ1) is 14.0. The smallest absolute Gasteiger partial charge is 0.190 e. The van der Waals surface area contributed by atoms with Crippen molar-refractivity contribution in [1.29, 1.82) is 0 Å². The Morgan fingerprint density at radius 1 is 0.567 bits per heavy atom. The van der Waals surface area contributed by atoms with Crippen LogP contribution in [0.1, 0.15) is 101 Å². The molecular formula is C28H36O2. The van der Waals surface area contributed by atoms with Crippen molar-refractivity contribution in [2.45, 2.75) is 104 Å². The molecule has 2 aromatic rings. The van der Waals surface area contributed by atoms with Crippen LogP contribution in [0, 0.1) is 0 Å². The lowest BCUT2D eigenvalue weighted by Gasteiger charge is -2.31. The summed E-state index contributed by atoms with van der Waals surface area (Å²) in [6, 6.07) is 4.32. The van der Waals surface area contributed by atoms with Gasteiger partial charge in [0.1, 0.15) is 0 Å². The molecule has 30 heavy (non-hydrogen) atoms. The number of benzene rings is 2. The standard InChI is InChI=1S/C28H36O2/c1-27(2,3)21-15-17-11-7-9-13-19(17)23(25(21)29)24-20-14-10-8-12-18(20)16-22(26(24)30)28(4,5)6/h15-16H,7-14H2,1-6H3. The summed E-state index contributed by atoms with van der Waals surface area (Å²) in [5.74, 6) is 0.193. The average Bonchev–Trinajstić information content (AvgIpc) is 2.66. The summed E-state index contributed by atoms with van der Waals surface area (Å²) in [7, 11) is 0. The minimum absolute atomic E-state index is 0.0964. The molecule has 2 aliphatic carbocycles. The number of hydrogen-bond donors (Lipinski definition) is 0. The molecule has 0 fully saturated rings. The molecule has 0 atom stereocenters. The third-order valence-electron chi connectivity index (χ3n) is 7.07. The fourth-order valence-corrected chi connectivity index (χ4v) is 5.41. The van der Waals surface area contributed by atoms with E-state index in [0.717, 1.165) is 71.9 Å². The zero-order chi connectivity index (χ0) is 21.8. The molecule has 0 N–H and O–H groups in total. The van der Waals surface area contributed by atoms with Crippen LogP contribution in [0.4, 0.5) is 0 Å². The maximum atomic E-state index is 13.9. The zero-order valence-electron chi connectivity index (χ0n) is 19.6. The second-order valence-corrected chi connectivity index (χ2v) is 11.4. The topological polar surface area (TPSA) is 39.8 Å². The maximum Gasteiger partial charge on any atom is 0.190 e. The summed E-state index contributed by atoms with van der Waals surface area (Å²) in [6.07, 6.45) is 8.39. The number of fused-ring (bicyclic) bond motifs is 2. The minimum atomic E-state index is -0.233. The number of aryl methyl sites for hydroxylation is 2. The molecule has 2 radical (unpaired) electrons. The van der Waals surface area contributed by atoms with Gasteiger partial charge < -0.3 is 0 Å². The lowest BCUT2D eigenvalue weighted by atomic mass is 9.73. The summed E-state index contributed by atoms with van der Waals surface area (Å²) in [4.78, 5) is 0. The van der Waals surface area contributed by atoms with Crippen LogP contribution in [0.15, 0.2) is 12.1 Å². The molecule has 0 unspecified atom stereocenters. The Labute approximate surface area is 182 Å². The van der Waals surface area contributed by atoms with Gasteiger partial charge in [0.2, 0.25) is 0 Å². The normalized spacial score (nSPS) is 16.9. The van der Waals surface area contributed by atoms with Crippen LogP contribution in [0.5, 0.6) is 11.5 Å². The summed E-state index contributed by atoms with van der Waals surface area (Å²) in [6.45, 7) is 12.7. The quantitative estimate of drug-likeness (QED) is 0.462. The molecule has 4 rings (SSSR count). The Kier molecular flexibility index (Phi) is 5.19. The van der Waals surface area contributed by atoms with E-state index in [1.54, 1.807) is 0 Å². The van der Waals surface area contributed by atoms with Crippen LogP contribution in [0.2, 0.25) is 0 Å². The SMILES string of the molecule is CC(C)(C)c1cc2c(c(-c3c([O])c(C(C)(C)C)cc4c3CCCC4)c1[O])CCCC2. The van der Waals surface area contributed by atoms with E-state index in [2.05, 4.69) is 53.7 Å². The van der Waals surface area contributed by atoms with Gasteiger partial charge in [-0.3, -0.25) is 10.2 Å². The predicted molar refractivity (Wildman–Crippen MR) is 123 cm³/mol.